The lowest BCUT2D eigenvalue weighted by Crippen LogP contribution is -2.34. The summed E-state index contributed by atoms with van der Waals surface area (Å²) in [6, 6.07) is 12.4. The van der Waals surface area contributed by atoms with Gasteiger partial charge in [0.2, 0.25) is 5.91 Å². The first-order valence-corrected chi connectivity index (χ1v) is 11.2. The molecule has 184 valence electrons. The van der Waals surface area contributed by atoms with Crippen LogP contribution in [0, 0.1) is 13.8 Å². The van der Waals surface area contributed by atoms with Crippen molar-refractivity contribution in [2.45, 2.75) is 27.0 Å². The van der Waals surface area contributed by atoms with E-state index in [1.165, 1.54) is 18.1 Å². The fourth-order valence-electron chi connectivity index (χ4n) is 3.28. The van der Waals surface area contributed by atoms with E-state index < -0.39 is 5.97 Å². The first-order chi connectivity index (χ1) is 16.8. The van der Waals surface area contributed by atoms with Gasteiger partial charge in [-0.3, -0.25) is 9.59 Å². The van der Waals surface area contributed by atoms with E-state index in [1.807, 2.05) is 13.8 Å². The van der Waals surface area contributed by atoms with E-state index in [1.54, 1.807) is 55.7 Å². The van der Waals surface area contributed by atoms with E-state index in [2.05, 4.69) is 5.16 Å². The molecule has 2 aromatic carbocycles. The number of aryl methyl sites for hydroxylation is 2. The highest BCUT2D eigenvalue weighted by Gasteiger charge is 2.16. The molecular formula is C26H27ClN2O6. The monoisotopic (exact) mass is 498 g/mol. The zero-order valence-corrected chi connectivity index (χ0v) is 20.8. The van der Waals surface area contributed by atoms with Crippen molar-refractivity contribution in [1.82, 2.24) is 10.1 Å². The summed E-state index contributed by atoms with van der Waals surface area (Å²) in [6.07, 6.45) is 3.05. The van der Waals surface area contributed by atoms with Gasteiger partial charge in [-0.25, -0.2) is 0 Å². The van der Waals surface area contributed by atoms with Crippen LogP contribution in [-0.4, -0.2) is 42.7 Å². The van der Waals surface area contributed by atoms with E-state index in [0.717, 1.165) is 22.4 Å². The molecule has 8 nitrogen and oxygen atoms in total. The Labute approximate surface area is 209 Å². The number of aromatic nitrogens is 1. The molecule has 0 aliphatic heterocycles. The Hall–Kier alpha value is -3.78. The predicted octanol–water partition coefficient (Wildman–Crippen LogP) is 4.75. The van der Waals surface area contributed by atoms with E-state index in [4.69, 9.17) is 30.3 Å². The summed E-state index contributed by atoms with van der Waals surface area (Å²) in [4.78, 5) is 26.1. The highest BCUT2D eigenvalue weighted by Crippen LogP contribution is 2.30. The number of nitrogens with zero attached hydrogens (tertiary/aromatic N) is 2. The number of hydrogen-bond acceptors (Lipinski definition) is 7. The molecule has 3 aromatic rings. The molecule has 0 spiro atoms. The number of benzene rings is 2. The SMILES string of the molecule is COC(=O)CN(Cc1ccc(Cl)cc1)C(=O)/C=C/c1ccc(OCc2c(C)noc2C)c(OC)c1. The quantitative estimate of drug-likeness (QED) is 0.294. The summed E-state index contributed by atoms with van der Waals surface area (Å²) < 4.78 is 21.3. The largest absolute Gasteiger partial charge is 0.493 e. The maximum atomic E-state index is 12.9. The number of rotatable bonds is 10. The molecule has 3 rings (SSSR count). The van der Waals surface area contributed by atoms with Crippen LogP contribution >= 0.6 is 11.6 Å². The van der Waals surface area contributed by atoms with Crippen molar-refractivity contribution in [1.29, 1.82) is 0 Å². The zero-order valence-electron chi connectivity index (χ0n) is 20.0. The second kappa shape index (κ2) is 12.1. The Balaban J connectivity index is 1.72. The minimum Gasteiger partial charge on any atom is -0.493 e. The summed E-state index contributed by atoms with van der Waals surface area (Å²) >= 11 is 5.94. The van der Waals surface area contributed by atoms with Crippen molar-refractivity contribution < 1.29 is 28.3 Å². The number of hydrogen-bond donors (Lipinski definition) is 0. The molecule has 0 unspecified atom stereocenters. The average Bonchev–Trinajstić information content (AvgIpc) is 3.18. The molecule has 0 atom stereocenters. The molecule has 0 saturated heterocycles. The molecule has 0 saturated carbocycles. The molecule has 0 radical (unpaired) electrons. The molecular weight excluding hydrogens is 472 g/mol. The summed E-state index contributed by atoms with van der Waals surface area (Å²) in [5, 5.41) is 4.52. The maximum Gasteiger partial charge on any atom is 0.325 e. The van der Waals surface area contributed by atoms with Crippen molar-refractivity contribution in [2.24, 2.45) is 0 Å². The normalized spacial score (nSPS) is 10.9. The van der Waals surface area contributed by atoms with Gasteiger partial charge in [0.15, 0.2) is 11.5 Å². The first-order valence-electron chi connectivity index (χ1n) is 10.8. The fraction of sp³-hybridized carbons (Fsp3) is 0.269. The van der Waals surface area contributed by atoms with E-state index >= 15 is 0 Å². The number of amides is 1. The summed E-state index contributed by atoms with van der Waals surface area (Å²) in [6.45, 7) is 4.02. The van der Waals surface area contributed by atoms with Crippen LogP contribution in [-0.2, 0) is 27.5 Å². The molecule has 0 aliphatic carbocycles. The van der Waals surface area contributed by atoms with Crippen LogP contribution in [0.25, 0.3) is 6.08 Å². The van der Waals surface area contributed by atoms with Crippen LogP contribution < -0.4 is 9.47 Å². The van der Waals surface area contributed by atoms with Gasteiger partial charge in [-0.05, 0) is 55.3 Å². The zero-order chi connectivity index (χ0) is 25.4. The van der Waals surface area contributed by atoms with Crippen molar-refractivity contribution in [3.8, 4) is 11.5 Å². The summed E-state index contributed by atoms with van der Waals surface area (Å²) in [5.74, 6) is 0.907. The van der Waals surface area contributed by atoms with Crippen LogP contribution in [0.15, 0.2) is 53.1 Å². The first kappa shape index (κ1) is 25.8. The lowest BCUT2D eigenvalue weighted by atomic mass is 10.1. The van der Waals surface area contributed by atoms with Gasteiger partial charge >= 0.3 is 5.97 Å². The van der Waals surface area contributed by atoms with Crippen molar-refractivity contribution in [3.63, 3.8) is 0 Å². The second-order valence-electron chi connectivity index (χ2n) is 7.73. The predicted molar refractivity (Wildman–Crippen MR) is 131 cm³/mol. The number of carbonyl (C=O) groups excluding carboxylic acids is 2. The Morgan fingerprint density at radius 1 is 1.09 bits per heavy atom. The van der Waals surface area contributed by atoms with Gasteiger partial charge < -0.3 is 23.6 Å². The Bertz CT molecular complexity index is 1180. The third kappa shape index (κ3) is 7.10. The Morgan fingerprint density at radius 3 is 2.46 bits per heavy atom. The summed E-state index contributed by atoms with van der Waals surface area (Å²) in [7, 11) is 2.83. The molecule has 1 heterocycles. The van der Waals surface area contributed by atoms with Gasteiger partial charge in [-0.15, -0.1) is 0 Å². The maximum absolute atomic E-state index is 12.9. The van der Waals surface area contributed by atoms with Gasteiger partial charge in [0, 0.05) is 17.6 Å². The molecule has 0 N–H and O–H groups in total. The Morgan fingerprint density at radius 2 is 1.83 bits per heavy atom. The van der Waals surface area contributed by atoms with E-state index in [-0.39, 0.29) is 19.0 Å². The molecule has 1 aromatic heterocycles. The molecule has 0 bridgehead atoms. The number of methoxy groups -OCH3 is 2. The highest BCUT2D eigenvalue weighted by molar-refractivity contribution is 6.30. The molecule has 0 fully saturated rings. The number of esters is 1. The fourth-order valence-corrected chi connectivity index (χ4v) is 3.41. The minimum absolute atomic E-state index is 0.180. The van der Waals surface area contributed by atoms with Gasteiger partial charge in [0.1, 0.15) is 18.9 Å². The van der Waals surface area contributed by atoms with Crippen LogP contribution in [0.5, 0.6) is 11.5 Å². The lowest BCUT2D eigenvalue weighted by Gasteiger charge is -2.20. The van der Waals surface area contributed by atoms with E-state index in [9.17, 15) is 9.59 Å². The molecule has 9 heteroatoms. The molecule has 1 amide bonds. The Kier molecular flexibility index (Phi) is 8.92. The van der Waals surface area contributed by atoms with Gasteiger partial charge in [-0.2, -0.15) is 0 Å². The number of halogens is 1. The van der Waals surface area contributed by atoms with Gasteiger partial charge in [-0.1, -0.05) is 35.0 Å². The minimum atomic E-state index is -0.512. The van der Waals surface area contributed by atoms with E-state index in [0.29, 0.717) is 28.9 Å². The van der Waals surface area contributed by atoms with Crippen molar-refractivity contribution in [3.05, 3.63) is 81.7 Å². The molecule has 0 aliphatic rings. The van der Waals surface area contributed by atoms with Crippen LogP contribution in [0.1, 0.15) is 28.1 Å². The van der Waals surface area contributed by atoms with Crippen molar-refractivity contribution >= 4 is 29.6 Å². The smallest absolute Gasteiger partial charge is 0.325 e. The highest BCUT2D eigenvalue weighted by atomic mass is 35.5. The van der Waals surface area contributed by atoms with Crippen LogP contribution in [0.3, 0.4) is 0 Å². The third-order valence-corrected chi connectivity index (χ3v) is 5.56. The topological polar surface area (TPSA) is 91.1 Å². The van der Waals surface area contributed by atoms with Gasteiger partial charge in [0.25, 0.3) is 0 Å². The average molecular weight is 499 g/mol. The van der Waals surface area contributed by atoms with Crippen LogP contribution in [0.2, 0.25) is 5.02 Å². The second-order valence-corrected chi connectivity index (χ2v) is 8.17. The van der Waals surface area contributed by atoms with Crippen LogP contribution in [0.4, 0.5) is 0 Å². The lowest BCUT2D eigenvalue weighted by molar-refractivity contribution is -0.145. The third-order valence-electron chi connectivity index (χ3n) is 5.31. The number of ether oxygens (including phenoxy) is 3. The summed E-state index contributed by atoms with van der Waals surface area (Å²) in [5.41, 5.74) is 3.22. The number of carbonyl (C=O) groups is 2. The van der Waals surface area contributed by atoms with Gasteiger partial charge in [0.05, 0.1) is 25.5 Å². The molecule has 35 heavy (non-hydrogen) atoms. The van der Waals surface area contributed by atoms with Crippen molar-refractivity contribution in [2.75, 3.05) is 20.8 Å². The standard InChI is InChI=1S/C26H27ClN2O6/c1-17-22(18(2)35-28-17)16-34-23-11-7-19(13-24(23)32-3)8-12-25(30)29(15-26(31)33-4)14-20-5-9-21(27)10-6-20/h5-13H,14-16H2,1-4H3/b12-8+.